The van der Waals surface area contributed by atoms with E-state index in [4.69, 9.17) is 4.42 Å². The second-order valence-electron chi connectivity index (χ2n) is 6.58. The van der Waals surface area contributed by atoms with Crippen LogP contribution >= 0.6 is 0 Å². The Morgan fingerprint density at radius 3 is 2.59 bits per heavy atom. The summed E-state index contributed by atoms with van der Waals surface area (Å²) in [6.45, 7) is 5.72. The van der Waals surface area contributed by atoms with Gasteiger partial charge in [-0.3, -0.25) is 10.2 Å². The predicted molar refractivity (Wildman–Crippen MR) is 110 cm³/mol. The van der Waals surface area contributed by atoms with Crippen LogP contribution in [0.1, 0.15) is 23.7 Å². The summed E-state index contributed by atoms with van der Waals surface area (Å²) in [4.78, 5) is 17.5. The summed E-state index contributed by atoms with van der Waals surface area (Å²) in [5.74, 6) is 0. The van der Waals surface area contributed by atoms with Crippen molar-refractivity contribution in [3.05, 3.63) is 81.6 Å². The third-order valence-corrected chi connectivity index (χ3v) is 4.53. The van der Waals surface area contributed by atoms with Crippen LogP contribution in [-0.4, -0.2) is 10.7 Å². The Kier molecular flexibility index (Phi) is 4.20. The highest BCUT2D eigenvalue weighted by Gasteiger charge is 2.13. The molecule has 0 unspecified atom stereocenters. The minimum atomic E-state index is -0.0764. The molecule has 4 aromatic rings. The lowest BCUT2D eigenvalue weighted by Crippen LogP contribution is -2.09. The lowest BCUT2D eigenvalue weighted by molar-refractivity contribution is 0.643. The third-order valence-electron chi connectivity index (χ3n) is 4.53. The van der Waals surface area contributed by atoms with Crippen molar-refractivity contribution in [2.24, 2.45) is 5.10 Å². The van der Waals surface area contributed by atoms with E-state index in [1.807, 2.05) is 75.4 Å². The van der Waals surface area contributed by atoms with Gasteiger partial charge in [0.2, 0.25) is 11.1 Å². The minimum absolute atomic E-state index is 0.0764. The van der Waals surface area contributed by atoms with Crippen molar-refractivity contribution in [1.82, 2.24) is 4.98 Å². The van der Waals surface area contributed by atoms with Crippen LogP contribution in [-0.2, 0) is 0 Å². The highest BCUT2D eigenvalue weighted by Crippen LogP contribution is 2.21. The number of rotatable bonds is 3. The number of aromatic nitrogens is 1. The van der Waals surface area contributed by atoms with Crippen molar-refractivity contribution < 1.29 is 4.42 Å². The van der Waals surface area contributed by atoms with Crippen LogP contribution in [0.25, 0.3) is 22.1 Å². The van der Waals surface area contributed by atoms with Gasteiger partial charge in [-0.15, -0.1) is 0 Å². The van der Waals surface area contributed by atoms with Gasteiger partial charge in [0.1, 0.15) is 5.58 Å². The van der Waals surface area contributed by atoms with Crippen LogP contribution in [0, 0.1) is 13.8 Å². The minimum Gasteiger partial charge on any atom is -0.437 e. The summed E-state index contributed by atoms with van der Waals surface area (Å²) < 4.78 is 5.86. The van der Waals surface area contributed by atoms with Crippen molar-refractivity contribution >= 4 is 33.5 Å². The van der Waals surface area contributed by atoms with E-state index in [0.29, 0.717) is 22.1 Å². The van der Waals surface area contributed by atoms with Crippen LogP contribution in [0.5, 0.6) is 0 Å². The Balaban J connectivity index is 1.84. The van der Waals surface area contributed by atoms with Gasteiger partial charge in [0.05, 0.1) is 27.9 Å². The average Bonchev–Trinajstić information content (AvgIpc) is 2.67. The van der Waals surface area contributed by atoms with Crippen LogP contribution in [0.4, 0.5) is 5.69 Å². The average molecular weight is 357 g/mol. The zero-order chi connectivity index (χ0) is 19.0. The van der Waals surface area contributed by atoms with Crippen molar-refractivity contribution in [3.8, 4) is 0 Å². The van der Waals surface area contributed by atoms with E-state index in [0.717, 1.165) is 28.2 Å². The number of para-hydroxylation sites is 1. The summed E-state index contributed by atoms with van der Waals surface area (Å²) in [7, 11) is 0. The topological polar surface area (TPSA) is 67.5 Å². The van der Waals surface area contributed by atoms with Crippen molar-refractivity contribution in [2.45, 2.75) is 20.8 Å². The van der Waals surface area contributed by atoms with Gasteiger partial charge in [0, 0.05) is 5.56 Å². The molecule has 0 aliphatic carbocycles. The van der Waals surface area contributed by atoms with Gasteiger partial charge in [-0.25, -0.2) is 4.98 Å². The van der Waals surface area contributed by atoms with Crippen molar-refractivity contribution in [2.75, 3.05) is 5.43 Å². The highest BCUT2D eigenvalue weighted by molar-refractivity contribution is 6.02. The fourth-order valence-corrected chi connectivity index (χ4v) is 3.07. The SMILES string of the molecule is C/C(=N\Nc1ccccc1)c1cc2c(=O)c3cc(C)ccc3oc2nc1C. The zero-order valence-electron chi connectivity index (χ0n) is 15.4. The fraction of sp³-hybridized carbons (Fsp3) is 0.136. The van der Waals surface area contributed by atoms with Gasteiger partial charge in [-0.05, 0) is 51.1 Å². The van der Waals surface area contributed by atoms with Crippen molar-refractivity contribution in [3.63, 3.8) is 0 Å². The molecule has 0 radical (unpaired) electrons. The summed E-state index contributed by atoms with van der Waals surface area (Å²) in [5, 5.41) is 5.46. The van der Waals surface area contributed by atoms with Gasteiger partial charge < -0.3 is 4.42 Å². The molecule has 2 aromatic heterocycles. The molecule has 4 rings (SSSR count). The molecule has 0 fully saturated rings. The number of hydrogen-bond donors (Lipinski definition) is 1. The number of fused-ring (bicyclic) bond motifs is 2. The molecule has 0 bridgehead atoms. The van der Waals surface area contributed by atoms with Gasteiger partial charge in [-0.1, -0.05) is 29.8 Å². The molecule has 0 saturated heterocycles. The quantitative estimate of drug-likeness (QED) is 0.325. The standard InChI is InChI=1S/C22H19N3O2/c1-13-9-10-20-18(11-13)21(26)19-12-17(14(2)23-22(19)27-20)15(3)24-25-16-7-5-4-6-8-16/h4-12,25H,1-3H3/b24-15+. The number of hydrazone groups is 1. The predicted octanol–water partition coefficient (Wildman–Crippen LogP) is 4.79. The van der Waals surface area contributed by atoms with Gasteiger partial charge in [0.15, 0.2) is 0 Å². The van der Waals surface area contributed by atoms with Gasteiger partial charge in [0.25, 0.3) is 0 Å². The molecule has 2 heterocycles. The Labute approximate surface area is 156 Å². The third kappa shape index (κ3) is 3.19. The number of hydrogen-bond acceptors (Lipinski definition) is 5. The Morgan fingerprint density at radius 1 is 1.04 bits per heavy atom. The maximum Gasteiger partial charge on any atom is 0.230 e. The lowest BCUT2D eigenvalue weighted by Gasteiger charge is -2.08. The first kappa shape index (κ1) is 17.0. The van der Waals surface area contributed by atoms with Gasteiger partial charge >= 0.3 is 0 Å². The molecule has 0 aliphatic heterocycles. The highest BCUT2D eigenvalue weighted by atomic mass is 16.3. The number of benzene rings is 2. The Hall–Kier alpha value is -3.47. The summed E-state index contributed by atoms with van der Waals surface area (Å²) in [6.07, 6.45) is 0. The molecular weight excluding hydrogens is 338 g/mol. The first-order valence-electron chi connectivity index (χ1n) is 8.73. The summed E-state index contributed by atoms with van der Waals surface area (Å²) in [6, 6.07) is 17.1. The van der Waals surface area contributed by atoms with Crippen LogP contribution in [0.15, 0.2) is 68.9 Å². The molecule has 0 saturated carbocycles. The Morgan fingerprint density at radius 2 is 1.81 bits per heavy atom. The van der Waals surface area contributed by atoms with Crippen LogP contribution < -0.4 is 10.9 Å². The van der Waals surface area contributed by atoms with E-state index in [-0.39, 0.29) is 5.43 Å². The molecule has 27 heavy (non-hydrogen) atoms. The second-order valence-corrected chi connectivity index (χ2v) is 6.58. The van der Waals surface area contributed by atoms with Crippen LogP contribution in [0.2, 0.25) is 0 Å². The number of aryl methyl sites for hydroxylation is 2. The molecule has 5 nitrogen and oxygen atoms in total. The number of nitrogens with one attached hydrogen (secondary N) is 1. The van der Waals surface area contributed by atoms with E-state index in [1.54, 1.807) is 0 Å². The maximum atomic E-state index is 13.0. The molecule has 0 aliphatic rings. The van der Waals surface area contributed by atoms with E-state index < -0.39 is 0 Å². The lowest BCUT2D eigenvalue weighted by atomic mass is 10.1. The summed E-state index contributed by atoms with van der Waals surface area (Å²) in [5.41, 5.74) is 8.07. The molecule has 0 atom stereocenters. The normalized spacial score (nSPS) is 11.9. The molecule has 0 amide bonds. The molecule has 0 spiro atoms. The summed E-state index contributed by atoms with van der Waals surface area (Å²) >= 11 is 0. The fourth-order valence-electron chi connectivity index (χ4n) is 3.07. The van der Waals surface area contributed by atoms with Gasteiger partial charge in [-0.2, -0.15) is 5.10 Å². The van der Waals surface area contributed by atoms with Crippen molar-refractivity contribution in [1.29, 1.82) is 0 Å². The largest absolute Gasteiger partial charge is 0.437 e. The first-order valence-corrected chi connectivity index (χ1v) is 8.73. The van der Waals surface area contributed by atoms with E-state index in [9.17, 15) is 4.79 Å². The number of nitrogens with zero attached hydrogens (tertiary/aromatic N) is 2. The second kappa shape index (κ2) is 6.68. The van der Waals surface area contributed by atoms with E-state index in [2.05, 4.69) is 15.5 Å². The molecular formula is C22H19N3O2. The molecule has 1 N–H and O–H groups in total. The smallest absolute Gasteiger partial charge is 0.230 e. The Bertz CT molecular complexity index is 1240. The maximum absolute atomic E-state index is 13.0. The zero-order valence-corrected chi connectivity index (χ0v) is 15.4. The molecule has 134 valence electrons. The van der Waals surface area contributed by atoms with E-state index in [1.165, 1.54) is 0 Å². The number of pyridine rings is 1. The first-order chi connectivity index (χ1) is 13.0. The van der Waals surface area contributed by atoms with Crippen LogP contribution in [0.3, 0.4) is 0 Å². The monoisotopic (exact) mass is 357 g/mol. The number of anilines is 1. The molecule has 2 aromatic carbocycles. The molecule has 5 heteroatoms. The van der Waals surface area contributed by atoms with E-state index >= 15 is 0 Å².